The lowest BCUT2D eigenvalue weighted by Gasteiger charge is -2.23. The number of amides is 1. The predicted octanol–water partition coefficient (Wildman–Crippen LogP) is 0.958. The van der Waals surface area contributed by atoms with Crippen LogP contribution in [-0.4, -0.2) is 36.9 Å². The van der Waals surface area contributed by atoms with Gasteiger partial charge in [0, 0.05) is 0 Å². The molecule has 1 aliphatic rings. The second kappa shape index (κ2) is 5.31. The van der Waals surface area contributed by atoms with Crippen molar-refractivity contribution in [1.29, 1.82) is 0 Å². The minimum Gasteiger partial charge on any atom is -0.481 e. The van der Waals surface area contributed by atoms with Gasteiger partial charge in [-0.25, -0.2) is 15.0 Å². The maximum absolute atomic E-state index is 12.3. The summed E-state index contributed by atoms with van der Waals surface area (Å²) >= 11 is 0. The molecule has 21 heavy (non-hydrogen) atoms. The molecular weight excluding hydrogens is 274 g/mol. The number of anilines is 1. The summed E-state index contributed by atoms with van der Waals surface area (Å²) in [5.41, 5.74) is 0.961. The van der Waals surface area contributed by atoms with E-state index < -0.39 is 17.8 Å². The summed E-state index contributed by atoms with van der Waals surface area (Å²) in [7, 11) is 0. The number of aromatic nitrogens is 4. The number of carboxylic acid groups (broad SMARTS) is 1. The first-order valence-electron chi connectivity index (χ1n) is 6.49. The Balaban J connectivity index is 1.84. The summed E-state index contributed by atoms with van der Waals surface area (Å²) in [5, 5.41) is 11.9. The lowest BCUT2D eigenvalue weighted by atomic mass is 9.82. The van der Waals surface area contributed by atoms with E-state index >= 15 is 0 Å². The number of nitrogens with one attached hydrogen (secondary N) is 2. The average molecular weight is 287 g/mol. The van der Waals surface area contributed by atoms with Gasteiger partial charge >= 0.3 is 5.97 Å². The van der Waals surface area contributed by atoms with Crippen LogP contribution in [0.5, 0.6) is 0 Å². The molecule has 8 heteroatoms. The van der Waals surface area contributed by atoms with Crippen molar-refractivity contribution >= 4 is 28.9 Å². The van der Waals surface area contributed by atoms with Crippen molar-refractivity contribution in [3.05, 3.63) is 24.8 Å². The molecule has 1 aliphatic carbocycles. The van der Waals surface area contributed by atoms with Gasteiger partial charge in [-0.2, -0.15) is 0 Å². The van der Waals surface area contributed by atoms with Gasteiger partial charge in [0.1, 0.15) is 11.8 Å². The van der Waals surface area contributed by atoms with E-state index in [0.717, 1.165) is 0 Å². The molecule has 2 aromatic rings. The number of H-pyrrole nitrogens is 1. The van der Waals surface area contributed by atoms with Crippen molar-refractivity contribution in [3.8, 4) is 0 Å². The van der Waals surface area contributed by atoms with E-state index in [1.807, 2.05) is 6.08 Å². The fraction of sp³-hybridized carbons (Fsp3) is 0.308. The number of nitrogens with zero attached hydrogens (tertiary/aromatic N) is 3. The molecule has 0 unspecified atom stereocenters. The van der Waals surface area contributed by atoms with Gasteiger partial charge in [-0.3, -0.25) is 9.59 Å². The summed E-state index contributed by atoms with van der Waals surface area (Å²) in [5.74, 6) is -2.34. The van der Waals surface area contributed by atoms with Gasteiger partial charge in [0.2, 0.25) is 5.91 Å². The first-order valence-corrected chi connectivity index (χ1v) is 6.49. The molecule has 2 atom stereocenters. The Hall–Kier alpha value is -2.77. The maximum atomic E-state index is 12.3. The van der Waals surface area contributed by atoms with Gasteiger partial charge in [-0.1, -0.05) is 12.2 Å². The molecule has 3 N–H and O–H groups in total. The topological polar surface area (TPSA) is 121 Å². The maximum Gasteiger partial charge on any atom is 0.307 e. The Bertz CT molecular complexity index is 723. The van der Waals surface area contributed by atoms with Crippen molar-refractivity contribution in [2.24, 2.45) is 11.8 Å². The van der Waals surface area contributed by atoms with E-state index in [4.69, 9.17) is 0 Å². The first-order chi connectivity index (χ1) is 10.2. The standard InChI is InChI=1S/C13H13N5O3/c19-12(7-3-1-2-4-8(7)13(20)21)18-11-9-10(15-5-14-9)16-6-17-11/h1-2,5-8H,3-4H2,(H,20,21)(H2,14,15,16,17,18,19)/t7-,8+/m1/s1. The highest BCUT2D eigenvalue weighted by molar-refractivity contribution is 5.99. The molecule has 0 bridgehead atoms. The van der Waals surface area contributed by atoms with Gasteiger partial charge in [0.05, 0.1) is 18.2 Å². The van der Waals surface area contributed by atoms with E-state index in [1.165, 1.54) is 12.7 Å². The van der Waals surface area contributed by atoms with Crippen LogP contribution in [0.2, 0.25) is 0 Å². The Morgan fingerprint density at radius 2 is 1.95 bits per heavy atom. The van der Waals surface area contributed by atoms with Crippen molar-refractivity contribution in [2.45, 2.75) is 12.8 Å². The smallest absolute Gasteiger partial charge is 0.307 e. The number of fused-ring (bicyclic) bond motifs is 1. The molecule has 0 aromatic carbocycles. The highest BCUT2D eigenvalue weighted by Crippen LogP contribution is 2.27. The molecule has 0 radical (unpaired) electrons. The van der Waals surface area contributed by atoms with Crippen LogP contribution in [0.4, 0.5) is 5.82 Å². The number of aromatic amines is 1. The van der Waals surface area contributed by atoms with Gasteiger partial charge in [-0.15, -0.1) is 0 Å². The second-order valence-electron chi connectivity index (χ2n) is 4.81. The first kappa shape index (κ1) is 13.2. The Labute approximate surface area is 119 Å². The number of imidazole rings is 1. The zero-order valence-corrected chi connectivity index (χ0v) is 11.0. The Morgan fingerprint density at radius 1 is 1.19 bits per heavy atom. The average Bonchev–Trinajstić information content (AvgIpc) is 2.96. The molecule has 0 saturated carbocycles. The number of carbonyl (C=O) groups excluding carboxylic acids is 1. The number of carboxylic acids is 1. The summed E-state index contributed by atoms with van der Waals surface area (Å²) in [6, 6.07) is 0. The molecular formula is C13H13N5O3. The zero-order chi connectivity index (χ0) is 14.8. The van der Waals surface area contributed by atoms with Crippen molar-refractivity contribution in [3.63, 3.8) is 0 Å². The molecule has 108 valence electrons. The van der Waals surface area contributed by atoms with Gasteiger partial charge < -0.3 is 15.4 Å². The lowest BCUT2D eigenvalue weighted by molar-refractivity contribution is -0.146. The molecule has 1 amide bonds. The van der Waals surface area contributed by atoms with E-state index in [-0.39, 0.29) is 5.91 Å². The fourth-order valence-corrected chi connectivity index (χ4v) is 2.45. The number of hydrogen-bond donors (Lipinski definition) is 3. The van der Waals surface area contributed by atoms with Gasteiger partial charge in [0.25, 0.3) is 0 Å². The number of carbonyl (C=O) groups is 2. The highest BCUT2D eigenvalue weighted by Gasteiger charge is 2.34. The quantitative estimate of drug-likeness (QED) is 0.723. The molecule has 0 spiro atoms. The van der Waals surface area contributed by atoms with Crippen LogP contribution in [0.15, 0.2) is 24.8 Å². The molecule has 2 heterocycles. The zero-order valence-electron chi connectivity index (χ0n) is 11.0. The van der Waals surface area contributed by atoms with Crippen LogP contribution in [0.3, 0.4) is 0 Å². The molecule has 0 fully saturated rings. The van der Waals surface area contributed by atoms with Crippen molar-refractivity contribution in [1.82, 2.24) is 19.9 Å². The van der Waals surface area contributed by atoms with Crippen LogP contribution in [-0.2, 0) is 9.59 Å². The SMILES string of the molecule is O=C(O)[C@H]1CC=CC[C@H]1C(=O)Nc1ncnc2nc[nH]c12. The van der Waals surface area contributed by atoms with Crippen LogP contribution in [0.1, 0.15) is 12.8 Å². The van der Waals surface area contributed by atoms with E-state index in [2.05, 4.69) is 25.3 Å². The van der Waals surface area contributed by atoms with Crippen molar-refractivity contribution in [2.75, 3.05) is 5.32 Å². The van der Waals surface area contributed by atoms with E-state index in [0.29, 0.717) is 29.8 Å². The monoisotopic (exact) mass is 287 g/mol. The third kappa shape index (κ3) is 2.47. The third-order valence-electron chi connectivity index (χ3n) is 3.55. The lowest BCUT2D eigenvalue weighted by Crippen LogP contribution is -2.35. The summed E-state index contributed by atoms with van der Waals surface area (Å²) in [6.45, 7) is 0. The number of rotatable bonds is 3. The minimum atomic E-state index is -0.964. The van der Waals surface area contributed by atoms with E-state index in [1.54, 1.807) is 6.08 Å². The van der Waals surface area contributed by atoms with Crippen molar-refractivity contribution < 1.29 is 14.7 Å². The summed E-state index contributed by atoms with van der Waals surface area (Å²) in [4.78, 5) is 38.4. The predicted molar refractivity (Wildman–Crippen MR) is 73.3 cm³/mol. The summed E-state index contributed by atoms with van der Waals surface area (Å²) in [6.07, 6.45) is 7.14. The van der Waals surface area contributed by atoms with Gasteiger partial charge in [-0.05, 0) is 12.8 Å². The fourth-order valence-electron chi connectivity index (χ4n) is 2.45. The largest absolute Gasteiger partial charge is 0.481 e. The summed E-state index contributed by atoms with van der Waals surface area (Å²) < 4.78 is 0. The van der Waals surface area contributed by atoms with Gasteiger partial charge in [0.15, 0.2) is 11.5 Å². The minimum absolute atomic E-state index is 0.307. The number of aliphatic carboxylic acids is 1. The Kier molecular flexibility index (Phi) is 3.35. The molecule has 0 aliphatic heterocycles. The molecule has 0 saturated heterocycles. The van der Waals surface area contributed by atoms with Crippen LogP contribution in [0, 0.1) is 11.8 Å². The number of allylic oxidation sites excluding steroid dienone is 2. The van der Waals surface area contributed by atoms with Crippen LogP contribution >= 0.6 is 0 Å². The normalized spacial score (nSPS) is 21.3. The van der Waals surface area contributed by atoms with E-state index in [9.17, 15) is 14.7 Å². The molecule has 2 aromatic heterocycles. The molecule has 8 nitrogen and oxygen atoms in total. The molecule has 3 rings (SSSR count). The number of hydrogen-bond acceptors (Lipinski definition) is 5. The third-order valence-corrected chi connectivity index (χ3v) is 3.55. The second-order valence-corrected chi connectivity index (χ2v) is 4.81. The highest BCUT2D eigenvalue weighted by atomic mass is 16.4. The van der Waals surface area contributed by atoms with Crippen LogP contribution < -0.4 is 5.32 Å². The van der Waals surface area contributed by atoms with Crippen LogP contribution in [0.25, 0.3) is 11.2 Å². The Morgan fingerprint density at radius 3 is 2.71 bits per heavy atom.